The van der Waals surface area contributed by atoms with Gasteiger partial charge in [0.25, 0.3) is 11.8 Å². The van der Waals surface area contributed by atoms with Crippen LogP contribution in [0, 0.1) is 0 Å². The predicted octanol–water partition coefficient (Wildman–Crippen LogP) is 4.30. The van der Waals surface area contributed by atoms with Gasteiger partial charge in [0.2, 0.25) is 11.8 Å². The predicted molar refractivity (Wildman–Crippen MR) is 136 cm³/mol. The lowest BCUT2D eigenvalue weighted by Crippen LogP contribution is -2.49. The molecule has 35 heavy (non-hydrogen) atoms. The number of rotatable bonds is 9. The SMILES string of the molecule is C[C@@H](C(=O)NC1CCCC1)N(Cc1ccc(Br)cc1)C(=O)CCCN1C(=O)c2ccccc2C1=O. The number of carbonyl (C=O) groups is 4. The van der Waals surface area contributed by atoms with Gasteiger partial charge in [-0.2, -0.15) is 0 Å². The highest BCUT2D eigenvalue weighted by molar-refractivity contribution is 9.10. The highest BCUT2D eigenvalue weighted by atomic mass is 79.9. The number of hydrogen-bond donors (Lipinski definition) is 1. The van der Waals surface area contributed by atoms with E-state index < -0.39 is 6.04 Å². The molecular weight excluding hydrogens is 510 g/mol. The van der Waals surface area contributed by atoms with Gasteiger partial charge in [-0.1, -0.05) is 53.0 Å². The van der Waals surface area contributed by atoms with Crippen molar-refractivity contribution in [1.82, 2.24) is 15.1 Å². The lowest BCUT2D eigenvalue weighted by molar-refractivity contribution is -0.141. The monoisotopic (exact) mass is 539 g/mol. The minimum Gasteiger partial charge on any atom is -0.352 e. The Morgan fingerprint density at radius 1 is 1.03 bits per heavy atom. The van der Waals surface area contributed by atoms with Gasteiger partial charge in [-0.15, -0.1) is 0 Å². The highest BCUT2D eigenvalue weighted by Crippen LogP contribution is 2.23. The number of nitrogens with one attached hydrogen (secondary N) is 1. The fourth-order valence-electron chi connectivity index (χ4n) is 4.74. The van der Waals surface area contributed by atoms with Crippen LogP contribution in [-0.2, 0) is 16.1 Å². The van der Waals surface area contributed by atoms with Crippen molar-refractivity contribution >= 4 is 39.6 Å². The Bertz CT molecular complexity index is 1080. The fraction of sp³-hybridized carbons (Fsp3) is 0.407. The second-order valence-corrected chi connectivity index (χ2v) is 10.1. The summed E-state index contributed by atoms with van der Waals surface area (Å²) in [5.74, 6) is -0.982. The molecule has 4 rings (SSSR count). The number of hydrogen-bond acceptors (Lipinski definition) is 4. The minimum atomic E-state index is -0.633. The summed E-state index contributed by atoms with van der Waals surface area (Å²) < 4.78 is 0.937. The molecule has 1 heterocycles. The zero-order valence-electron chi connectivity index (χ0n) is 19.8. The van der Waals surface area contributed by atoms with Crippen LogP contribution in [0.25, 0.3) is 0 Å². The van der Waals surface area contributed by atoms with E-state index in [9.17, 15) is 19.2 Å². The lowest BCUT2D eigenvalue weighted by Gasteiger charge is -2.30. The normalized spacial score (nSPS) is 16.3. The van der Waals surface area contributed by atoms with Gasteiger partial charge >= 0.3 is 0 Å². The summed E-state index contributed by atoms with van der Waals surface area (Å²) in [7, 11) is 0. The van der Waals surface area contributed by atoms with Gasteiger partial charge < -0.3 is 10.2 Å². The molecule has 1 aliphatic heterocycles. The zero-order valence-corrected chi connectivity index (χ0v) is 21.4. The minimum absolute atomic E-state index is 0.130. The molecule has 0 bridgehead atoms. The topological polar surface area (TPSA) is 86.8 Å². The maximum absolute atomic E-state index is 13.3. The van der Waals surface area contributed by atoms with Crippen molar-refractivity contribution in [2.45, 2.75) is 64.1 Å². The number of imide groups is 1. The molecule has 4 amide bonds. The Kier molecular flexibility index (Phi) is 8.00. The third-order valence-electron chi connectivity index (χ3n) is 6.79. The van der Waals surface area contributed by atoms with E-state index in [-0.39, 0.29) is 42.6 Å². The zero-order chi connectivity index (χ0) is 24.9. The van der Waals surface area contributed by atoms with Crippen LogP contribution in [-0.4, -0.2) is 52.1 Å². The standard InChI is InChI=1S/C27H30BrN3O4/c1-18(25(33)29-21-7-2-3-8-21)31(17-19-12-14-20(28)15-13-19)24(32)11-6-16-30-26(34)22-9-4-5-10-23(22)27(30)35/h4-5,9-10,12-15,18,21H,2-3,6-8,11,16-17H2,1H3,(H,29,33)/t18-/m0/s1. The van der Waals surface area contributed by atoms with E-state index in [1.54, 1.807) is 36.1 Å². The van der Waals surface area contributed by atoms with E-state index in [0.717, 1.165) is 35.7 Å². The smallest absolute Gasteiger partial charge is 0.261 e. The van der Waals surface area contributed by atoms with E-state index in [4.69, 9.17) is 0 Å². The van der Waals surface area contributed by atoms with Gasteiger partial charge in [0.15, 0.2) is 0 Å². The first-order valence-corrected chi connectivity index (χ1v) is 12.9. The third-order valence-corrected chi connectivity index (χ3v) is 7.31. The summed E-state index contributed by atoms with van der Waals surface area (Å²) >= 11 is 3.42. The molecule has 1 N–H and O–H groups in total. The van der Waals surface area contributed by atoms with Crippen molar-refractivity contribution in [3.05, 3.63) is 69.7 Å². The van der Waals surface area contributed by atoms with Gasteiger partial charge in [-0.05, 0) is 56.0 Å². The largest absolute Gasteiger partial charge is 0.352 e. The second-order valence-electron chi connectivity index (χ2n) is 9.23. The molecule has 1 aliphatic carbocycles. The van der Waals surface area contributed by atoms with Crippen LogP contribution in [0.3, 0.4) is 0 Å². The van der Waals surface area contributed by atoms with Gasteiger partial charge in [-0.25, -0.2) is 0 Å². The van der Waals surface area contributed by atoms with Crippen molar-refractivity contribution in [2.75, 3.05) is 6.54 Å². The van der Waals surface area contributed by atoms with E-state index >= 15 is 0 Å². The third kappa shape index (κ3) is 5.81. The van der Waals surface area contributed by atoms with E-state index in [0.29, 0.717) is 24.1 Å². The van der Waals surface area contributed by atoms with Crippen molar-refractivity contribution in [1.29, 1.82) is 0 Å². The maximum atomic E-state index is 13.3. The molecule has 0 radical (unpaired) electrons. The molecule has 1 fully saturated rings. The summed E-state index contributed by atoms with van der Waals surface area (Å²) in [5, 5.41) is 3.09. The maximum Gasteiger partial charge on any atom is 0.261 e. The average molecular weight is 540 g/mol. The van der Waals surface area contributed by atoms with Crippen LogP contribution in [0.5, 0.6) is 0 Å². The van der Waals surface area contributed by atoms with Crippen molar-refractivity contribution in [3.8, 4) is 0 Å². The van der Waals surface area contributed by atoms with Crippen LogP contribution >= 0.6 is 15.9 Å². The number of benzene rings is 2. The van der Waals surface area contributed by atoms with Crippen molar-refractivity contribution in [2.24, 2.45) is 0 Å². The first kappa shape index (κ1) is 25.1. The molecule has 184 valence electrons. The summed E-state index contributed by atoms with van der Waals surface area (Å²) in [5.41, 5.74) is 1.72. The molecule has 7 nitrogen and oxygen atoms in total. The average Bonchev–Trinajstić information content (AvgIpc) is 3.45. The Morgan fingerprint density at radius 3 is 2.23 bits per heavy atom. The van der Waals surface area contributed by atoms with E-state index in [1.807, 2.05) is 24.3 Å². The molecule has 1 saturated carbocycles. The first-order chi connectivity index (χ1) is 16.8. The van der Waals surface area contributed by atoms with Gasteiger partial charge in [0.05, 0.1) is 11.1 Å². The Labute approximate surface area is 214 Å². The van der Waals surface area contributed by atoms with E-state index in [1.165, 1.54) is 4.90 Å². The molecule has 2 aliphatic rings. The van der Waals surface area contributed by atoms with Gasteiger partial charge in [0, 0.05) is 30.0 Å². The summed E-state index contributed by atoms with van der Waals surface area (Å²) in [6.07, 6.45) is 4.62. The quantitative estimate of drug-likeness (QED) is 0.481. The van der Waals surface area contributed by atoms with Gasteiger partial charge in [0.1, 0.15) is 6.04 Å². The highest BCUT2D eigenvalue weighted by Gasteiger charge is 2.35. The van der Waals surface area contributed by atoms with Gasteiger partial charge in [-0.3, -0.25) is 24.1 Å². The lowest BCUT2D eigenvalue weighted by atomic mass is 10.1. The van der Waals surface area contributed by atoms with Crippen LogP contribution < -0.4 is 5.32 Å². The van der Waals surface area contributed by atoms with Crippen molar-refractivity contribution < 1.29 is 19.2 Å². The Hall–Kier alpha value is -3.00. The second kappa shape index (κ2) is 11.2. The molecule has 1 atom stereocenters. The summed E-state index contributed by atoms with van der Waals surface area (Å²) in [6, 6.07) is 13.9. The molecule has 0 aromatic heterocycles. The Morgan fingerprint density at radius 2 is 1.63 bits per heavy atom. The fourth-order valence-corrected chi connectivity index (χ4v) is 5.00. The molecule has 2 aromatic carbocycles. The van der Waals surface area contributed by atoms with Crippen LogP contribution in [0.2, 0.25) is 0 Å². The molecule has 8 heteroatoms. The summed E-state index contributed by atoms with van der Waals surface area (Å²) in [6.45, 7) is 2.22. The van der Waals surface area contributed by atoms with Crippen LogP contribution in [0.1, 0.15) is 71.7 Å². The van der Waals surface area contributed by atoms with E-state index in [2.05, 4.69) is 21.2 Å². The van der Waals surface area contributed by atoms with Crippen LogP contribution in [0.15, 0.2) is 53.0 Å². The molecule has 0 unspecified atom stereocenters. The van der Waals surface area contributed by atoms with Crippen molar-refractivity contribution in [3.63, 3.8) is 0 Å². The number of nitrogens with zero attached hydrogens (tertiary/aromatic N) is 2. The molecular formula is C27H30BrN3O4. The van der Waals surface area contributed by atoms with Crippen LogP contribution in [0.4, 0.5) is 0 Å². The Balaban J connectivity index is 1.40. The summed E-state index contributed by atoms with van der Waals surface area (Å²) in [4.78, 5) is 54.3. The molecule has 0 spiro atoms. The number of fused-ring (bicyclic) bond motifs is 1. The number of carbonyl (C=O) groups excluding carboxylic acids is 4. The molecule has 0 saturated heterocycles. The number of amides is 4. The molecule has 2 aromatic rings. The first-order valence-electron chi connectivity index (χ1n) is 12.1. The number of halogens is 1.